The number of aryl methyl sites for hydroxylation is 1. The van der Waals surface area contributed by atoms with E-state index in [4.69, 9.17) is 0 Å². The number of nitrogens with one attached hydrogen (secondary N) is 1. The van der Waals surface area contributed by atoms with E-state index in [0.717, 1.165) is 58.3 Å². The van der Waals surface area contributed by atoms with Crippen molar-refractivity contribution in [3.05, 3.63) is 62.7 Å². The topological polar surface area (TPSA) is 80.6 Å². The zero-order valence-corrected chi connectivity index (χ0v) is 21.0. The number of nitrogens with zero attached hydrogens (tertiary/aromatic N) is 3. The summed E-state index contributed by atoms with van der Waals surface area (Å²) in [5.41, 5.74) is 6.29. The third-order valence-electron chi connectivity index (χ3n) is 6.43. The number of fused-ring (bicyclic) bond motifs is 3. The van der Waals surface area contributed by atoms with E-state index in [1.165, 1.54) is 12.4 Å². The second-order valence-corrected chi connectivity index (χ2v) is 9.61. The molecule has 3 aromatic rings. The summed E-state index contributed by atoms with van der Waals surface area (Å²) in [7, 11) is 2.76. The Morgan fingerprint density at radius 2 is 2.12 bits per heavy atom. The number of aromatic nitrogens is 4. The van der Waals surface area contributed by atoms with Crippen LogP contribution in [0.5, 0.6) is 0 Å². The van der Waals surface area contributed by atoms with Gasteiger partial charge in [-0.1, -0.05) is 27.2 Å². The van der Waals surface area contributed by atoms with E-state index in [-0.39, 0.29) is 29.6 Å². The highest BCUT2D eigenvalue weighted by molar-refractivity contribution is 7.92. The highest BCUT2D eigenvalue weighted by atomic mass is 32.2. The van der Waals surface area contributed by atoms with E-state index in [9.17, 15) is 13.5 Å². The highest BCUT2D eigenvalue weighted by Gasteiger charge is 2.34. The Balaban J connectivity index is 1.92. The number of halogens is 1. The number of hydrogen-bond acceptors (Lipinski definition) is 5. The van der Waals surface area contributed by atoms with Crippen molar-refractivity contribution in [3.63, 3.8) is 0 Å². The lowest BCUT2D eigenvalue weighted by molar-refractivity contribution is 0.0925. The van der Waals surface area contributed by atoms with Crippen molar-refractivity contribution in [2.24, 2.45) is 5.92 Å². The molecule has 4 rings (SSSR count). The fourth-order valence-corrected chi connectivity index (χ4v) is 5.60. The molecule has 0 aliphatic heterocycles. The molecule has 2 unspecified atom stereocenters. The van der Waals surface area contributed by atoms with Crippen LogP contribution in [0.1, 0.15) is 72.2 Å². The lowest BCUT2D eigenvalue weighted by Gasteiger charge is -2.22. The molecular weight excluding hydrogens is 458 g/mol. The third-order valence-corrected chi connectivity index (χ3v) is 7.59. The largest absolute Gasteiger partial charge is 0.313 e. The molecule has 33 heavy (non-hydrogen) atoms. The smallest absolute Gasteiger partial charge is 0.250 e. The minimum atomic E-state index is -0.217. The van der Waals surface area contributed by atoms with Crippen molar-refractivity contribution in [1.29, 1.82) is 0 Å². The average molecular weight is 487 g/mol. The molecule has 0 saturated heterocycles. The average Bonchev–Trinajstić information content (AvgIpc) is 3.13. The van der Waals surface area contributed by atoms with Crippen LogP contribution in [0, 0.1) is 5.92 Å². The Kier molecular flexibility index (Phi) is 7.15. The second-order valence-electron chi connectivity index (χ2n) is 8.53. The Morgan fingerprint density at radius 3 is 2.79 bits per heavy atom. The predicted octanol–water partition coefficient (Wildman–Crippen LogP) is 4.39. The number of aromatic amines is 1. The molecule has 1 N–H and O–H groups in total. The van der Waals surface area contributed by atoms with Crippen molar-refractivity contribution in [2.45, 2.75) is 59.3 Å². The molecule has 0 fully saturated rings. The van der Waals surface area contributed by atoms with Crippen LogP contribution in [-0.4, -0.2) is 24.7 Å². The summed E-state index contributed by atoms with van der Waals surface area (Å²) in [6.45, 7) is 5.99. The zero-order valence-electron chi connectivity index (χ0n) is 19.1. The second kappa shape index (κ2) is 9.90. The van der Waals surface area contributed by atoms with E-state index >= 15 is 0 Å². The lowest BCUT2D eigenvalue weighted by atomic mass is 9.85. The first-order chi connectivity index (χ1) is 15.9. The monoisotopic (exact) mass is 486 g/mol. The predicted molar refractivity (Wildman–Crippen MR) is 134 cm³/mol. The summed E-state index contributed by atoms with van der Waals surface area (Å²) in [5, 5.41) is 0.855. The van der Waals surface area contributed by atoms with Crippen LogP contribution in [0.2, 0.25) is 0 Å². The molecule has 0 saturated carbocycles. The maximum absolute atomic E-state index is 14.5. The standard InChI is InChI=1S/C24H28FN4O2PS/c1-4-6-18-21(23(31)13(3)5-2)16-8-7-14-11-26-17(9-15-10-19(30)28-12-27-15)24(32)20(14)22(16)29(18)33-25/h10-13H,4-9,32H2,1-3H3,(H,27,28,30). The Hall–Kier alpha value is -2.31. The van der Waals surface area contributed by atoms with E-state index in [1.807, 2.05) is 27.0 Å². The number of Topliss-reactive ketones (excluding diaryl/α,β-unsaturated/α-hetero) is 1. The van der Waals surface area contributed by atoms with E-state index < -0.39 is 0 Å². The Labute approximate surface area is 199 Å². The van der Waals surface area contributed by atoms with Crippen LogP contribution in [0.25, 0.3) is 11.3 Å². The van der Waals surface area contributed by atoms with Gasteiger partial charge in [-0.15, -0.1) is 13.1 Å². The summed E-state index contributed by atoms with van der Waals surface area (Å²) in [6, 6.07) is 1.46. The number of ketones is 1. The maximum Gasteiger partial charge on any atom is 0.250 e. The summed E-state index contributed by atoms with van der Waals surface area (Å²) >= 11 is 0.169. The van der Waals surface area contributed by atoms with Crippen LogP contribution in [0.3, 0.4) is 0 Å². The van der Waals surface area contributed by atoms with Crippen molar-refractivity contribution in [3.8, 4) is 11.3 Å². The normalized spacial score (nSPS) is 13.5. The third kappa shape index (κ3) is 4.31. The quantitative estimate of drug-likeness (QED) is 0.377. The fourth-order valence-electron chi connectivity index (χ4n) is 4.56. The molecule has 9 heteroatoms. The highest BCUT2D eigenvalue weighted by Crippen LogP contribution is 2.42. The molecule has 3 heterocycles. The zero-order chi connectivity index (χ0) is 23.7. The lowest BCUT2D eigenvalue weighted by Crippen LogP contribution is -2.19. The molecule has 0 spiro atoms. The van der Waals surface area contributed by atoms with Crippen LogP contribution in [-0.2, 0) is 25.7 Å². The first-order valence-corrected chi connectivity index (χ1v) is 12.6. The number of pyridine rings is 1. The summed E-state index contributed by atoms with van der Waals surface area (Å²) < 4.78 is 16.1. The van der Waals surface area contributed by atoms with Crippen molar-refractivity contribution < 1.29 is 8.68 Å². The van der Waals surface area contributed by atoms with Gasteiger partial charge in [0.1, 0.15) is 0 Å². The van der Waals surface area contributed by atoms with Gasteiger partial charge < -0.3 is 4.98 Å². The molecule has 2 atom stereocenters. The van der Waals surface area contributed by atoms with Crippen LogP contribution in [0.15, 0.2) is 23.4 Å². The number of carbonyl (C=O) groups is 1. The van der Waals surface area contributed by atoms with Gasteiger partial charge in [0.25, 0.3) is 5.56 Å². The van der Waals surface area contributed by atoms with Crippen molar-refractivity contribution >= 4 is 32.7 Å². The minimum Gasteiger partial charge on any atom is -0.313 e. The molecule has 3 aromatic heterocycles. The summed E-state index contributed by atoms with van der Waals surface area (Å²) in [5.74, 6) is -0.0157. The van der Waals surface area contributed by atoms with Crippen LogP contribution < -0.4 is 10.9 Å². The van der Waals surface area contributed by atoms with E-state index in [1.54, 1.807) is 3.97 Å². The van der Waals surface area contributed by atoms with Gasteiger partial charge in [-0.2, -0.15) is 0 Å². The molecule has 0 amide bonds. The molecule has 1 aliphatic rings. The Morgan fingerprint density at radius 1 is 1.33 bits per heavy atom. The number of carbonyl (C=O) groups excluding carboxylic acids is 1. The van der Waals surface area contributed by atoms with Gasteiger partial charge in [-0.25, -0.2) is 4.98 Å². The Bertz CT molecular complexity index is 1270. The van der Waals surface area contributed by atoms with Crippen molar-refractivity contribution in [1.82, 2.24) is 18.9 Å². The minimum absolute atomic E-state index is 0.0979. The molecule has 6 nitrogen and oxygen atoms in total. The molecule has 174 valence electrons. The number of hydrogen-bond donors (Lipinski definition) is 1. The van der Waals surface area contributed by atoms with Gasteiger partial charge in [-0.3, -0.25) is 18.5 Å². The number of H-pyrrole nitrogens is 1. The summed E-state index contributed by atoms with van der Waals surface area (Å²) in [4.78, 5) is 36.5. The van der Waals surface area contributed by atoms with Gasteiger partial charge in [0.15, 0.2) is 18.1 Å². The van der Waals surface area contributed by atoms with Crippen LogP contribution >= 0.6 is 21.6 Å². The summed E-state index contributed by atoms with van der Waals surface area (Å²) in [6.07, 6.45) is 7.23. The van der Waals surface area contributed by atoms with Crippen molar-refractivity contribution in [2.75, 3.05) is 0 Å². The first-order valence-electron chi connectivity index (χ1n) is 11.3. The van der Waals surface area contributed by atoms with E-state index in [0.29, 0.717) is 30.5 Å². The molecule has 0 bridgehead atoms. The fraction of sp³-hybridized carbons (Fsp3) is 0.417. The van der Waals surface area contributed by atoms with Crippen LogP contribution in [0.4, 0.5) is 3.89 Å². The number of rotatable bonds is 8. The van der Waals surface area contributed by atoms with Gasteiger partial charge in [-0.05, 0) is 36.8 Å². The molecule has 0 aromatic carbocycles. The van der Waals surface area contributed by atoms with Gasteiger partial charge in [0.05, 0.1) is 23.4 Å². The first kappa shape index (κ1) is 23.8. The van der Waals surface area contributed by atoms with Gasteiger partial charge >= 0.3 is 0 Å². The molecule has 0 radical (unpaired) electrons. The van der Waals surface area contributed by atoms with E-state index in [2.05, 4.69) is 24.2 Å². The molecule has 1 aliphatic carbocycles. The SMILES string of the molecule is CCCc1c(C(=O)C(C)CC)c2c(n1SF)-c1c(cnc(Cc3cc(=O)[nH]cn3)c1P)CC2. The molecular formula is C24H28FN4O2PS. The van der Waals surface area contributed by atoms with Gasteiger partial charge in [0.2, 0.25) is 0 Å². The van der Waals surface area contributed by atoms with Gasteiger partial charge in [0, 0.05) is 46.7 Å². The maximum atomic E-state index is 14.5.